The zero-order valence-electron chi connectivity index (χ0n) is 20.9. The van der Waals surface area contributed by atoms with Crippen LogP contribution in [0.2, 0.25) is 0 Å². The summed E-state index contributed by atoms with van der Waals surface area (Å²) in [5.74, 6) is -1.34. The smallest absolute Gasteiger partial charge is 0.383 e. The molecule has 0 aliphatic carbocycles. The molecule has 0 unspecified atom stereocenters. The lowest BCUT2D eigenvalue weighted by Gasteiger charge is -2.34. The Morgan fingerprint density at radius 2 is 1.78 bits per heavy atom. The van der Waals surface area contributed by atoms with Crippen molar-refractivity contribution in [2.45, 2.75) is 28.9 Å². The topological polar surface area (TPSA) is 132 Å². The number of nitrogens with zero attached hydrogens (tertiary/aromatic N) is 6. The second-order valence-electron chi connectivity index (χ2n) is 9.25. The van der Waals surface area contributed by atoms with E-state index in [0.717, 1.165) is 18.3 Å². The van der Waals surface area contributed by atoms with Crippen molar-refractivity contribution < 1.29 is 22.8 Å². The Hall–Kier alpha value is -3.68. The van der Waals surface area contributed by atoms with Gasteiger partial charge < -0.3 is 16.0 Å². The summed E-state index contributed by atoms with van der Waals surface area (Å²) in [5, 5.41) is 7.60. The van der Waals surface area contributed by atoms with Gasteiger partial charge in [-0.3, -0.25) is 9.59 Å². The lowest BCUT2D eigenvalue weighted by atomic mass is 10.1. The molecular formula is C25H20Cl3F3N8O2. The molecule has 4 aromatic rings. The number of carbonyl (C=O) groups is 2. The van der Waals surface area contributed by atoms with Crippen LogP contribution in [0, 0.1) is 0 Å². The molecule has 0 saturated carbocycles. The van der Waals surface area contributed by atoms with E-state index >= 15 is 0 Å². The highest BCUT2D eigenvalue weighted by Crippen LogP contribution is 2.36. The summed E-state index contributed by atoms with van der Waals surface area (Å²) in [6, 6.07) is 7.49. The molecule has 0 spiro atoms. The summed E-state index contributed by atoms with van der Waals surface area (Å²) in [7, 11) is 0. The van der Waals surface area contributed by atoms with E-state index in [-0.39, 0.29) is 29.8 Å². The fourth-order valence-corrected chi connectivity index (χ4v) is 4.97. The normalized spacial score (nSPS) is 16.1. The minimum atomic E-state index is -4.57. The van der Waals surface area contributed by atoms with Crippen LogP contribution < -0.4 is 11.1 Å². The molecule has 0 bridgehead atoms. The third kappa shape index (κ3) is 6.02. The Balaban J connectivity index is 1.42. The number of alkyl halides is 6. The summed E-state index contributed by atoms with van der Waals surface area (Å²) >= 11 is 17.5. The minimum Gasteiger partial charge on any atom is -0.383 e. The van der Waals surface area contributed by atoms with Crippen LogP contribution in [0.1, 0.15) is 34.8 Å². The first-order valence-electron chi connectivity index (χ1n) is 12.1. The maximum atomic E-state index is 13.0. The van der Waals surface area contributed by atoms with E-state index in [1.807, 2.05) is 0 Å². The van der Waals surface area contributed by atoms with Crippen LogP contribution in [-0.2, 0) is 11.0 Å². The summed E-state index contributed by atoms with van der Waals surface area (Å²) < 4.78 is 38.6. The van der Waals surface area contributed by atoms with Crippen molar-refractivity contribution in [3.8, 4) is 11.3 Å². The van der Waals surface area contributed by atoms with Crippen molar-refractivity contribution in [3.63, 3.8) is 0 Å². The number of fused-ring (bicyclic) bond motifs is 1. The summed E-state index contributed by atoms with van der Waals surface area (Å²) in [6.07, 6.45) is -0.988. The van der Waals surface area contributed by atoms with Crippen LogP contribution in [0.4, 0.5) is 24.8 Å². The predicted molar refractivity (Wildman–Crippen MR) is 148 cm³/mol. The van der Waals surface area contributed by atoms with E-state index < -0.39 is 27.3 Å². The summed E-state index contributed by atoms with van der Waals surface area (Å²) in [4.78, 5) is 39.0. The molecule has 3 aromatic heterocycles. The third-order valence-corrected chi connectivity index (χ3v) is 7.02. The van der Waals surface area contributed by atoms with Gasteiger partial charge in [0.15, 0.2) is 5.65 Å². The Morgan fingerprint density at radius 1 is 1.05 bits per heavy atom. The average molecular weight is 628 g/mol. The zero-order valence-corrected chi connectivity index (χ0v) is 23.1. The van der Waals surface area contributed by atoms with Gasteiger partial charge in [-0.25, -0.2) is 19.6 Å². The number of anilines is 2. The van der Waals surface area contributed by atoms with Gasteiger partial charge in [0.05, 0.1) is 17.0 Å². The van der Waals surface area contributed by atoms with Crippen LogP contribution in [0.25, 0.3) is 22.3 Å². The van der Waals surface area contributed by atoms with Crippen molar-refractivity contribution in [1.29, 1.82) is 0 Å². The van der Waals surface area contributed by atoms with Gasteiger partial charge in [0.2, 0.25) is 0 Å². The maximum Gasteiger partial charge on any atom is 0.416 e. The molecule has 10 nitrogen and oxygen atoms in total. The van der Waals surface area contributed by atoms with Gasteiger partial charge in [-0.15, -0.1) is 0 Å². The number of carbonyl (C=O) groups excluding carboxylic acids is 2. The molecule has 1 atom stereocenters. The molecular weight excluding hydrogens is 608 g/mol. The summed E-state index contributed by atoms with van der Waals surface area (Å²) in [6.45, 7) is 0.654. The number of pyridine rings is 1. The van der Waals surface area contributed by atoms with Gasteiger partial charge >= 0.3 is 6.18 Å². The molecule has 41 heavy (non-hydrogen) atoms. The van der Waals surface area contributed by atoms with Gasteiger partial charge in [0, 0.05) is 30.4 Å². The van der Waals surface area contributed by atoms with Gasteiger partial charge in [-0.1, -0.05) is 46.9 Å². The van der Waals surface area contributed by atoms with E-state index in [1.54, 1.807) is 16.8 Å². The van der Waals surface area contributed by atoms with E-state index in [0.29, 0.717) is 41.7 Å². The van der Waals surface area contributed by atoms with Crippen molar-refractivity contribution in [2.24, 2.45) is 0 Å². The van der Waals surface area contributed by atoms with Crippen molar-refractivity contribution >= 4 is 69.3 Å². The summed E-state index contributed by atoms with van der Waals surface area (Å²) in [5.41, 5.74) is 6.91. The number of nitrogen functional groups attached to an aromatic ring is 1. The van der Waals surface area contributed by atoms with E-state index in [1.165, 1.54) is 23.4 Å². The first kappa shape index (κ1) is 28.8. The molecule has 4 heterocycles. The highest BCUT2D eigenvalue weighted by Gasteiger charge is 2.38. The number of amides is 2. The number of benzene rings is 1. The number of halogens is 6. The largest absolute Gasteiger partial charge is 0.416 e. The van der Waals surface area contributed by atoms with Crippen molar-refractivity contribution in [2.75, 3.05) is 24.1 Å². The number of nitrogens with one attached hydrogen (secondary N) is 1. The minimum absolute atomic E-state index is 0.175. The molecule has 214 valence electrons. The number of rotatable bonds is 4. The SMILES string of the molecule is Nc1ncnc2c1c(-c1ccc(C(=O)Nc3cc(C(F)(F)F)ccn3)cc1)nn2[C@@H]1CCCN(C(=O)C(Cl)(Cl)Cl)C1. The predicted octanol–water partition coefficient (Wildman–Crippen LogP) is 5.28. The van der Waals surface area contributed by atoms with Gasteiger partial charge in [-0.2, -0.15) is 18.3 Å². The molecule has 2 amide bonds. The molecule has 5 rings (SSSR count). The van der Waals surface area contributed by atoms with Gasteiger partial charge in [0.25, 0.3) is 15.6 Å². The Bertz CT molecular complexity index is 1620. The maximum absolute atomic E-state index is 13.0. The highest BCUT2D eigenvalue weighted by molar-refractivity contribution is 6.76. The first-order valence-corrected chi connectivity index (χ1v) is 13.3. The first-order chi connectivity index (χ1) is 19.3. The number of likely N-dealkylation sites (tertiary alicyclic amines) is 1. The Morgan fingerprint density at radius 3 is 2.46 bits per heavy atom. The number of hydrogen-bond donors (Lipinski definition) is 2. The monoisotopic (exact) mass is 626 g/mol. The van der Waals surface area contributed by atoms with Crippen molar-refractivity contribution in [3.05, 3.63) is 60.0 Å². The molecule has 1 aliphatic rings. The van der Waals surface area contributed by atoms with Gasteiger partial charge in [-0.05, 0) is 37.1 Å². The molecule has 1 aromatic carbocycles. The standard InChI is InChI=1S/C25H20Cl3F3N8O2/c26-24(27,28)23(41)38-9-1-2-16(11-38)39-21-18(20(32)34-12-35-21)19(37-39)13-3-5-14(6-4-13)22(40)36-17-10-15(7-8-33-17)25(29,30)31/h3-8,10,12,16H,1-2,9,11H2,(H2,32,34,35)(H,33,36,40)/t16-/m1/s1. The van der Waals surface area contributed by atoms with E-state index in [2.05, 4.69) is 20.3 Å². The zero-order chi connectivity index (χ0) is 29.5. The van der Waals surface area contributed by atoms with Crippen LogP contribution >= 0.6 is 34.8 Å². The molecule has 1 aliphatic heterocycles. The van der Waals surface area contributed by atoms with Crippen LogP contribution in [-0.4, -0.2) is 58.3 Å². The fraction of sp³-hybridized carbons (Fsp3) is 0.280. The number of piperidine rings is 1. The molecule has 0 radical (unpaired) electrons. The van der Waals surface area contributed by atoms with Crippen LogP contribution in [0.5, 0.6) is 0 Å². The second kappa shape index (κ2) is 11.0. The average Bonchev–Trinajstić information content (AvgIpc) is 3.33. The molecule has 1 saturated heterocycles. The van der Waals surface area contributed by atoms with E-state index in [9.17, 15) is 22.8 Å². The van der Waals surface area contributed by atoms with E-state index in [4.69, 9.17) is 45.6 Å². The lowest BCUT2D eigenvalue weighted by Crippen LogP contribution is -2.45. The van der Waals surface area contributed by atoms with Gasteiger partial charge in [0.1, 0.15) is 23.7 Å². The third-order valence-electron chi connectivity index (χ3n) is 6.54. The fourth-order valence-electron chi connectivity index (χ4n) is 4.61. The highest BCUT2D eigenvalue weighted by atomic mass is 35.6. The van der Waals surface area contributed by atoms with Crippen molar-refractivity contribution in [1.82, 2.24) is 29.6 Å². The molecule has 1 fully saturated rings. The number of hydrogen-bond acceptors (Lipinski definition) is 7. The van der Waals surface area contributed by atoms with Crippen LogP contribution in [0.15, 0.2) is 48.9 Å². The Kier molecular flexibility index (Phi) is 7.70. The lowest BCUT2D eigenvalue weighted by molar-refractivity contribution is -0.137. The number of nitrogens with two attached hydrogens (primary N) is 1. The molecule has 16 heteroatoms. The van der Waals surface area contributed by atoms with Crippen LogP contribution in [0.3, 0.4) is 0 Å². The molecule has 3 N–H and O–H groups in total. The Labute approximate surface area is 245 Å². The quantitative estimate of drug-likeness (QED) is 0.295. The number of aromatic nitrogens is 5. The second-order valence-corrected chi connectivity index (χ2v) is 11.5.